The highest BCUT2D eigenvalue weighted by Gasteiger charge is 2.30. The third-order valence-electron chi connectivity index (χ3n) is 4.31. The number of aromatic nitrogens is 2. The van der Waals surface area contributed by atoms with Gasteiger partial charge in [0.2, 0.25) is 0 Å². The van der Waals surface area contributed by atoms with Gasteiger partial charge in [0.15, 0.2) is 0 Å². The average molecular weight is 388 g/mol. The lowest BCUT2D eigenvalue weighted by Crippen LogP contribution is -2.31. The number of benzene rings is 2. The molecule has 2 amide bonds. The SMILES string of the molecule is Cc1ccc([C@H](C)NC(=O)Nc2cccc(C(F)(F)F)c2)cc1-n1ccnc1. The van der Waals surface area contributed by atoms with Crippen molar-refractivity contribution in [3.05, 3.63) is 77.9 Å². The van der Waals surface area contributed by atoms with Gasteiger partial charge in [-0.15, -0.1) is 0 Å². The summed E-state index contributed by atoms with van der Waals surface area (Å²) in [5, 5.41) is 5.18. The minimum absolute atomic E-state index is 0.0718. The summed E-state index contributed by atoms with van der Waals surface area (Å²) < 4.78 is 40.2. The molecule has 2 N–H and O–H groups in total. The highest BCUT2D eigenvalue weighted by atomic mass is 19.4. The number of nitrogens with zero attached hydrogens (tertiary/aromatic N) is 2. The molecule has 0 saturated heterocycles. The second-order valence-electron chi connectivity index (χ2n) is 6.41. The average Bonchev–Trinajstić information content (AvgIpc) is 3.16. The predicted molar refractivity (Wildman–Crippen MR) is 100 cm³/mol. The summed E-state index contributed by atoms with van der Waals surface area (Å²) in [6.07, 6.45) is 0.721. The molecule has 3 aromatic rings. The molecule has 0 aliphatic carbocycles. The summed E-state index contributed by atoms with van der Waals surface area (Å²) in [5.74, 6) is 0. The van der Waals surface area contributed by atoms with Gasteiger partial charge >= 0.3 is 12.2 Å². The molecule has 1 aromatic heterocycles. The van der Waals surface area contributed by atoms with Crippen molar-refractivity contribution >= 4 is 11.7 Å². The monoisotopic (exact) mass is 388 g/mol. The molecule has 1 atom stereocenters. The van der Waals surface area contributed by atoms with Crippen LogP contribution in [0.5, 0.6) is 0 Å². The number of carbonyl (C=O) groups is 1. The van der Waals surface area contributed by atoms with Gasteiger partial charge in [-0.3, -0.25) is 0 Å². The number of rotatable bonds is 4. The van der Waals surface area contributed by atoms with E-state index in [9.17, 15) is 18.0 Å². The van der Waals surface area contributed by atoms with E-state index in [-0.39, 0.29) is 11.7 Å². The van der Waals surface area contributed by atoms with E-state index in [1.54, 1.807) is 19.4 Å². The normalized spacial score (nSPS) is 12.5. The van der Waals surface area contributed by atoms with Gasteiger partial charge in [0.1, 0.15) is 0 Å². The highest BCUT2D eigenvalue weighted by molar-refractivity contribution is 5.89. The van der Waals surface area contributed by atoms with Crippen LogP contribution in [0, 0.1) is 6.92 Å². The number of imidazole rings is 1. The van der Waals surface area contributed by atoms with Crippen LogP contribution >= 0.6 is 0 Å². The third-order valence-corrected chi connectivity index (χ3v) is 4.31. The van der Waals surface area contributed by atoms with E-state index in [1.165, 1.54) is 12.1 Å². The van der Waals surface area contributed by atoms with Crippen molar-refractivity contribution in [3.8, 4) is 5.69 Å². The van der Waals surface area contributed by atoms with E-state index in [0.717, 1.165) is 28.9 Å². The fraction of sp³-hybridized carbons (Fsp3) is 0.200. The summed E-state index contributed by atoms with van der Waals surface area (Å²) in [7, 11) is 0. The van der Waals surface area contributed by atoms with Crippen molar-refractivity contribution in [1.82, 2.24) is 14.9 Å². The van der Waals surface area contributed by atoms with Gasteiger partial charge in [0, 0.05) is 23.8 Å². The Morgan fingerprint density at radius 3 is 2.64 bits per heavy atom. The Morgan fingerprint density at radius 2 is 1.96 bits per heavy atom. The van der Waals surface area contributed by atoms with Crippen LogP contribution in [0.25, 0.3) is 5.69 Å². The Bertz CT molecular complexity index is 968. The van der Waals surface area contributed by atoms with Crippen molar-refractivity contribution in [2.24, 2.45) is 0 Å². The molecule has 0 fully saturated rings. The highest BCUT2D eigenvalue weighted by Crippen LogP contribution is 2.30. The lowest BCUT2D eigenvalue weighted by molar-refractivity contribution is -0.137. The van der Waals surface area contributed by atoms with Crippen LogP contribution in [0.2, 0.25) is 0 Å². The first-order valence-electron chi connectivity index (χ1n) is 8.57. The second-order valence-corrected chi connectivity index (χ2v) is 6.41. The van der Waals surface area contributed by atoms with Gasteiger partial charge in [0.25, 0.3) is 0 Å². The van der Waals surface area contributed by atoms with Gasteiger partial charge in [-0.1, -0.05) is 18.2 Å². The lowest BCUT2D eigenvalue weighted by atomic mass is 10.0. The standard InChI is InChI=1S/C20H19F3N4O/c1-13-6-7-15(10-18(13)27-9-8-24-12-27)14(2)25-19(28)26-17-5-3-4-16(11-17)20(21,22)23/h3-12,14H,1-2H3,(H2,25,26,28)/t14-/m0/s1. The fourth-order valence-electron chi connectivity index (χ4n) is 2.80. The molecule has 146 valence electrons. The quantitative estimate of drug-likeness (QED) is 0.655. The molecule has 0 bridgehead atoms. The molecule has 0 saturated carbocycles. The van der Waals surface area contributed by atoms with Gasteiger partial charge < -0.3 is 15.2 Å². The van der Waals surface area contributed by atoms with Crippen LogP contribution in [-0.2, 0) is 6.18 Å². The van der Waals surface area contributed by atoms with Crippen LogP contribution < -0.4 is 10.6 Å². The number of hydrogen-bond donors (Lipinski definition) is 2. The number of nitrogens with one attached hydrogen (secondary N) is 2. The number of aryl methyl sites for hydroxylation is 1. The number of hydrogen-bond acceptors (Lipinski definition) is 2. The predicted octanol–water partition coefficient (Wildman–Crippen LogP) is 5.08. The number of alkyl halides is 3. The van der Waals surface area contributed by atoms with Crippen molar-refractivity contribution in [2.45, 2.75) is 26.1 Å². The first kappa shape index (κ1) is 19.5. The van der Waals surface area contributed by atoms with Crippen LogP contribution in [0.3, 0.4) is 0 Å². The minimum Gasteiger partial charge on any atom is -0.331 e. The van der Waals surface area contributed by atoms with Crippen molar-refractivity contribution in [3.63, 3.8) is 0 Å². The molecule has 0 aliphatic heterocycles. The molecule has 5 nitrogen and oxygen atoms in total. The van der Waals surface area contributed by atoms with E-state index in [1.807, 2.05) is 35.9 Å². The van der Waals surface area contributed by atoms with Gasteiger partial charge in [-0.2, -0.15) is 13.2 Å². The van der Waals surface area contributed by atoms with Crippen LogP contribution in [0.4, 0.5) is 23.7 Å². The second kappa shape index (κ2) is 7.75. The first-order valence-corrected chi connectivity index (χ1v) is 8.57. The molecule has 0 radical (unpaired) electrons. The van der Waals surface area contributed by atoms with Crippen LogP contribution in [0.1, 0.15) is 29.7 Å². The van der Waals surface area contributed by atoms with Crippen LogP contribution in [0.15, 0.2) is 61.2 Å². The maximum Gasteiger partial charge on any atom is 0.416 e. The fourth-order valence-corrected chi connectivity index (χ4v) is 2.80. The lowest BCUT2D eigenvalue weighted by Gasteiger charge is -2.17. The molecular formula is C20H19F3N4O. The topological polar surface area (TPSA) is 59.0 Å². The Kier molecular flexibility index (Phi) is 5.39. The molecule has 0 aliphatic rings. The smallest absolute Gasteiger partial charge is 0.331 e. The first-order chi connectivity index (χ1) is 13.2. The Balaban J connectivity index is 1.71. The molecule has 8 heteroatoms. The number of urea groups is 1. The number of anilines is 1. The summed E-state index contributed by atoms with van der Waals surface area (Å²) in [6, 6.07) is 9.33. The number of amides is 2. The molecule has 1 heterocycles. The summed E-state index contributed by atoms with van der Waals surface area (Å²) >= 11 is 0. The van der Waals surface area contributed by atoms with Crippen LogP contribution in [-0.4, -0.2) is 15.6 Å². The summed E-state index contributed by atoms with van der Waals surface area (Å²) in [5.41, 5.74) is 2.09. The minimum atomic E-state index is -4.47. The van der Waals surface area contributed by atoms with Crippen molar-refractivity contribution < 1.29 is 18.0 Å². The summed E-state index contributed by atoms with van der Waals surface area (Å²) in [6.45, 7) is 3.77. The van der Waals surface area contributed by atoms with E-state index >= 15 is 0 Å². The van der Waals surface area contributed by atoms with E-state index in [0.29, 0.717) is 0 Å². The third kappa shape index (κ3) is 4.51. The van der Waals surface area contributed by atoms with E-state index in [4.69, 9.17) is 0 Å². The molecule has 0 spiro atoms. The molecular weight excluding hydrogens is 369 g/mol. The van der Waals surface area contributed by atoms with Crippen molar-refractivity contribution in [2.75, 3.05) is 5.32 Å². The van der Waals surface area contributed by atoms with E-state index in [2.05, 4.69) is 15.6 Å². The number of halogens is 3. The largest absolute Gasteiger partial charge is 0.416 e. The van der Waals surface area contributed by atoms with Gasteiger partial charge in [-0.25, -0.2) is 9.78 Å². The molecule has 2 aromatic carbocycles. The zero-order valence-electron chi connectivity index (χ0n) is 15.3. The van der Waals surface area contributed by atoms with Gasteiger partial charge in [0.05, 0.1) is 17.9 Å². The number of carbonyl (C=O) groups excluding carboxylic acids is 1. The maximum absolute atomic E-state index is 12.8. The molecule has 0 unspecified atom stereocenters. The van der Waals surface area contributed by atoms with Crippen molar-refractivity contribution in [1.29, 1.82) is 0 Å². The Morgan fingerprint density at radius 1 is 1.18 bits per heavy atom. The zero-order chi connectivity index (χ0) is 20.3. The Hall–Kier alpha value is -3.29. The Labute approximate surface area is 160 Å². The molecule has 3 rings (SSSR count). The molecule has 28 heavy (non-hydrogen) atoms. The van der Waals surface area contributed by atoms with E-state index < -0.39 is 17.8 Å². The zero-order valence-corrected chi connectivity index (χ0v) is 15.3. The maximum atomic E-state index is 12.8. The summed E-state index contributed by atoms with van der Waals surface area (Å²) in [4.78, 5) is 16.3. The van der Waals surface area contributed by atoms with Gasteiger partial charge in [-0.05, 0) is 49.2 Å².